The lowest BCUT2D eigenvalue weighted by molar-refractivity contribution is -0.383. The Balaban J connectivity index is 1.65. The van der Waals surface area contributed by atoms with E-state index in [2.05, 4.69) is 44.4 Å². The molecule has 0 bridgehead atoms. The summed E-state index contributed by atoms with van der Waals surface area (Å²) in [6, 6.07) is 2.85. The minimum atomic E-state index is -4.28. The Hall–Kier alpha value is -3.43. The minimum Gasteiger partial charge on any atom is -0.462 e. The number of carbonyl (C=O) groups is 2. The lowest BCUT2D eigenvalue weighted by atomic mass is 10.1. The number of nitro benzene ring substituents is 1. The van der Waals surface area contributed by atoms with Gasteiger partial charge in [-0.2, -0.15) is 0 Å². The zero-order chi connectivity index (χ0) is 37.9. The molecule has 0 aliphatic rings. The Kier molecular flexibility index (Phi) is 23.4. The number of unbranched alkanes of at least 4 members (excludes halogenated alkanes) is 13. The van der Waals surface area contributed by atoms with E-state index < -0.39 is 37.3 Å². The number of hydrogen-bond acceptors (Lipinski definition) is 13. The third-order valence-electron chi connectivity index (χ3n) is 8.19. The molecule has 52 heavy (non-hydrogen) atoms. The summed E-state index contributed by atoms with van der Waals surface area (Å²) in [4.78, 5) is 45.5. The van der Waals surface area contributed by atoms with Crippen molar-refractivity contribution >= 4 is 42.1 Å². The van der Waals surface area contributed by atoms with Crippen LogP contribution < -0.4 is 10.4 Å². The first-order valence-electron chi connectivity index (χ1n) is 18.6. The third kappa shape index (κ3) is 20.0. The molecule has 1 unspecified atom stereocenters. The Bertz CT molecular complexity index is 1390. The van der Waals surface area contributed by atoms with Crippen molar-refractivity contribution in [2.75, 3.05) is 38.2 Å². The molecule has 0 spiro atoms. The van der Waals surface area contributed by atoms with Gasteiger partial charge >= 0.3 is 25.4 Å². The number of nitro groups is 1. The molecule has 294 valence electrons. The van der Waals surface area contributed by atoms with Crippen LogP contribution in [0, 0.1) is 10.1 Å². The average Bonchev–Trinajstić information content (AvgIpc) is 3.62. The summed E-state index contributed by atoms with van der Waals surface area (Å²) in [5.41, 5.74) is 0.621. The Morgan fingerprint density at radius 3 is 2.17 bits per heavy atom. The van der Waals surface area contributed by atoms with Crippen molar-refractivity contribution in [2.24, 2.45) is 0 Å². The number of carbonyl (C=O) groups excluding carboxylic acids is 2. The molecule has 2 atom stereocenters. The number of non-ortho nitro benzene ring substituents is 1. The van der Waals surface area contributed by atoms with Crippen LogP contribution in [0.5, 0.6) is 0 Å². The predicted octanol–water partition coefficient (Wildman–Crippen LogP) is 7.29. The third-order valence-corrected chi connectivity index (χ3v) is 9.32. The van der Waals surface area contributed by atoms with Gasteiger partial charge in [0, 0.05) is 32.0 Å². The van der Waals surface area contributed by atoms with E-state index in [1.54, 1.807) is 0 Å². The molecule has 2 aromatic rings. The highest BCUT2D eigenvalue weighted by atomic mass is 31.2. The van der Waals surface area contributed by atoms with Gasteiger partial charge in [0.25, 0.3) is 0 Å². The topological polar surface area (TPSA) is 225 Å². The zero-order valence-electron chi connectivity index (χ0n) is 30.5. The van der Waals surface area contributed by atoms with Gasteiger partial charge in [0.15, 0.2) is 11.6 Å². The van der Waals surface area contributed by atoms with Crippen molar-refractivity contribution in [3.8, 4) is 0 Å². The second-order valence-corrected chi connectivity index (χ2v) is 14.3. The first kappa shape index (κ1) is 44.7. The summed E-state index contributed by atoms with van der Waals surface area (Å²) in [6.45, 7) is 1.33. The summed E-state index contributed by atoms with van der Waals surface area (Å²) < 4.78 is 32.6. The van der Waals surface area contributed by atoms with Crippen LogP contribution in [0.4, 0.5) is 11.4 Å². The van der Waals surface area contributed by atoms with Gasteiger partial charge in [-0.25, -0.2) is 14.3 Å². The van der Waals surface area contributed by atoms with E-state index in [-0.39, 0.29) is 49.3 Å². The highest BCUT2D eigenvalue weighted by Gasteiger charge is 2.24. The van der Waals surface area contributed by atoms with Crippen LogP contribution in [-0.4, -0.2) is 76.2 Å². The number of benzene rings is 1. The van der Waals surface area contributed by atoms with Gasteiger partial charge in [0.1, 0.15) is 6.61 Å². The van der Waals surface area contributed by atoms with Gasteiger partial charge < -0.3 is 24.8 Å². The molecule has 2 rings (SSSR count). The van der Waals surface area contributed by atoms with Gasteiger partial charge in [0.05, 0.1) is 23.8 Å². The standard InChI is InChI=1S/C35H58N5O11P/c1-2-3-4-5-6-7-8-9-10-11-12-13-14-15-17-20-32(42)48-27-29(28-49-52(46,47)37-25-26-41)50-33(43)21-18-16-19-24-36-30-22-23-31(40(44)45)35-34(30)38-51-39-35/h9-10,22-23,29,36,41H,2-8,11-21,24-28H2,1H3,(H2,37,46,47)/b10-9-/t29-/m1/s1. The molecule has 1 aromatic carbocycles. The van der Waals surface area contributed by atoms with Crippen LogP contribution in [0.1, 0.15) is 122 Å². The summed E-state index contributed by atoms with van der Waals surface area (Å²) in [6.07, 6.45) is 20.4. The second kappa shape index (κ2) is 27.2. The van der Waals surface area contributed by atoms with Crippen LogP contribution in [0.3, 0.4) is 0 Å². The Morgan fingerprint density at radius 2 is 1.50 bits per heavy atom. The molecule has 16 nitrogen and oxygen atoms in total. The number of hydrogen-bond donors (Lipinski definition) is 4. The Labute approximate surface area is 306 Å². The van der Waals surface area contributed by atoms with Gasteiger partial charge in [-0.05, 0) is 61.3 Å². The highest BCUT2D eigenvalue weighted by molar-refractivity contribution is 7.50. The van der Waals surface area contributed by atoms with E-state index in [0.29, 0.717) is 37.9 Å². The van der Waals surface area contributed by atoms with Crippen molar-refractivity contribution in [3.05, 3.63) is 34.4 Å². The number of aliphatic hydroxyl groups excluding tert-OH is 1. The molecule has 0 amide bonds. The lowest BCUT2D eigenvalue weighted by Crippen LogP contribution is -2.30. The van der Waals surface area contributed by atoms with E-state index in [1.165, 1.54) is 50.7 Å². The van der Waals surface area contributed by atoms with Crippen molar-refractivity contribution in [3.63, 3.8) is 0 Å². The Morgan fingerprint density at radius 1 is 0.885 bits per heavy atom. The SMILES string of the molecule is CCCCCCCC/C=C\CCCCCCCC(=O)OC[C@H](COP(=O)(O)NCCO)OC(=O)CCCCCNc1ccc([N+](=O)[O-])c2nonc12. The van der Waals surface area contributed by atoms with Crippen LogP contribution in [-0.2, 0) is 28.2 Å². The highest BCUT2D eigenvalue weighted by Crippen LogP contribution is 2.36. The summed E-state index contributed by atoms with van der Waals surface area (Å²) in [5, 5.41) is 32.7. The normalized spacial score (nSPS) is 13.3. The first-order chi connectivity index (χ1) is 25.2. The fraction of sp³-hybridized carbons (Fsp3) is 0.714. The zero-order valence-corrected chi connectivity index (χ0v) is 31.4. The smallest absolute Gasteiger partial charge is 0.403 e. The number of allylic oxidation sites excluding steroid dienone is 2. The minimum absolute atomic E-state index is 0.0479. The molecular weight excluding hydrogens is 697 g/mol. The predicted molar refractivity (Wildman–Crippen MR) is 197 cm³/mol. The summed E-state index contributed by atoms with van der Waals surface area (Å²) in [5.74, 6) is -1.04. The molecule has 0 saturated heterocycles. The monoisotopic (exact) mass is 755 g/mol. The molecule has 0 radical (unpaired) electrons. The van der Waals surface area contributed by atoms with Crippen LogP contribution in [0.25, 0.3) is 11.0 Å². The molecule has 1 aromatic heterocycles. The maximum Gasteiger partial charge on any atom is 0.403 e. The van der Waals surface area contributed by atoms with E-state index in [0.717, 1.165) is 38.5 Å². The fourth-order valence-corrected chi connectivity index (χ4v) is 6.16. The van der Waals surface area contributed by atoms with Crippen LogP contribution in [0.2, 0.25) is 0 Å². The number of nitrogens with zero attached hydrogens (tertiary/aromatic N) is 3. The van der Waals surface area contributed by atoms with Crippen molar-refractivity contribution in [2.45, 2.75) is 129 Å². The second-order valence-electron chi connectivity index (χ2n) is 12.7. The maximum absolute atomic E-state index is 12.6. The largest absolute Gasteiger partial charge is 0.462 e. The lowest BCUT2D eigenvalue weighted by Gasteiger charge is -2.20. The van der Waals surface area contributed by atoms with Crippen LogP contribution in [0.15, 0.2) is 28.9 Å². The number of anilines is 1. The fourth-order valence-electron chi connectivity index (χ4n) is 5.32. The molecule has 0 aliphatic heterocycles. The van der Waals surface area contributed by atoms with E-state index in [4.69, 9.17) is 19.1 Å². The molecule has 17 heteroatoms. The molecule has 0 fully saturated rings. The number of aromatic nitrogens is 2. The van der Waals surface area contributed by atoms with E-state index in [9.17, 15) is 29.2 Å². The summed E-state index contributed by atoms with van der Waals surface area (Å²) in [7, 11) is -4.28. The maximum atomic E-state index is 12.6. The number of esters is 2. The average molecular weight is 756 g/mol. The van der Waals surface area contributed by atoms with Gasteiger partial charge in [-0.15, -0.1) is 0 Å². The number of aliphatic hydroxyl groups is 1. The molecular formula is C35H58N5O11P. The van der Waals surface area contributed by atoms with Crippen molar-refractivity contribution in [1.82, 2.24) is 15.4 Å². The number of rotatable bonds is 32. The van der Waals surface area contributed by atoms with E-state index >= 15 is 0 Å². The van der Waals surface area contributed by atoms with Crippen molar-refractivity contribution < 1.29 is 47.7 Å². The number of fused-ring (bicyclic) bond motifs is 1. The molecule has 1 heterocycles. The molecule has 4 N–H and O–H groups in total. The molecule has 0 aliphatic carbocycles. The number of ether oxygens (including phenoxy) is 2. The number of nitrogens with one attached hydrogen (secondary N) is 2. The van der Waals surface area contributed by atoms with Crippen LogP contribution >= 0.6 is 7.75 Å². The first-order valence-corrected chi connectivity index (χ1v) is 20.2. The van der Waals surface area contributed by atoms with Gasteiger partial charge in [0.2, 0.25) is 5.52 Å². The summed E-state index contributed by atoms with van der Waals surface area (Å²) >= 11 is 0. The quantitative estimate of drug-likeness (QED) is 0.0144. The van der Waals surface area contributed by atoms with Gasteiger partial charge in [-0.3, -0.25) is 24.2 Å². The van der Waals surface area contributed by atoms with E-state index in [1.807, 2.05) is 0 Å². The van der Waals surface area contributed by atoms with Gasteiger partial charge in [-0.1, -0.05) is 76.9 Å². The molecule has 0 saturated carbocycles. The van der Waals surface area contributed by atoms with Crippen molar-refractivity contribution in [1.29, 1.82) is 0 Å².